The Bertz CT molecular complexity index is 432. The van der Waals surface area contributed by atoms with Crippen LogP contribution < -0.4 is 5.73 Å². The lowest BCUT2D eigenvalue weighted by atomic mass is 10.2. The Morgan fingerprint density at radius 2 is 2.38 bits per heavy atom. The highest BCUT2D eigenvalue weighted by molar-refractivity contribution is 5.60. The Kier molecular flexibility index (Phi) is 1.58. The van der Waals surface area contributed by atoms with Crippen molar-refractivity contribution in [3.8, 4) is 11.5 Å². The van der Waals surface area contributed by atoms with Crippen LogP contribution in [0, 0.1) is 12.7 Å². The summed E-state index contributed by atoms with van der Waals surface area (Å²) in [6.45, 7) is 1.81. The van der Waals surface area contributed by atoms with Crippen molar-refractivity contribution in [2.24, 2.45) is 0 Å². The number of nitrogens with two attached hydrogens (primary N) is 1. The average molecular weight is 181 g/mol. The fourth-order valence-electron chi connectivity index (χ4n) is 1.12. The van der Waals surface area contributed by atoms with E-state index in [1.807, 2.05) is 6.92 Å². The number of H-pyrrole nitrogens is 1. The Morgan fingerprint density at radius 1 is 1.62 bits per heavy atom. The zero-order chi connectivity index (χ0) is 9.42. The van der Waals surface area contributed by atoms with Crippen LogP contribution in [0.25, 0.3) is 11.5 Å². The molecule has 2 aromatic rings. The zero-order valence-corrected chi connectivity index (χ0v) is 6.97. The Labute approximate surface area is 73.6 Å². The molecule has 0 bridgehead atoms. The van der Waals surface area contributed by atoms with Gasteiger partial charge in [-0.05, 0) is 18.6 Å². The molecule has 2 heterocycles. The molecule has 0 saturated carbocycles. The minimum absolute atomic E-state index is 0.147. The summed E-state index contributed by atoms with van der Waals surface area (Å²) in [5.41, 5.74) is 6.27. The van der Waals surface area contributed by atoms with Crippen molar-refractivity contribution < 1.29 is 8.81 Å². The molecule has 0 aliphatic heterocycles. The monoisotopic (exact) mass is 181 g/mol. The van der Waals surface area contributed by atoms with E-state index in [2.05, 4.69) is 10.2 Å². The SMILES string of the molecule is Cc1ccoc1-c1[nH]nc(N)c1F. The van der Waals surface area contributed by atoms with Crippen LogP contribution in [-0.4, -0.2) is 10.2 Å². The number of halogens is 1. The number of anilines is 1. The predicted molar refractivity (Wildman–Crippen MR) is 45.4 cm³/mol. The first-order valence-electron chi connectivity index (χ1n) is 3.74. The normalized spacial score (nSPS) is 10.6. The van der Waals surface area contributed by atoms with Crippen molar-refractivity contribution in [3.63, 3.8) is 0 Å². The van der Waals surface area contributed by atoms with Crippen molar-refractivity contribution in [1.82, 2.24) is 10.2 Å². The van der Waals surface area contributed by atoms with E-state index >= 15 is 0 Å². The van der Waals surface area contributed by atoms with Gasteiger partial charge in [0.05, 0.1) is 6.26 Å². The third-order valence-electron chi connectivity index (χ3n) is 1.82. The largest absolute Gasteiger partial charge is 0.462 e. The van der Waals surface area contributed by atoms with Gasteiger partial charge in [-0.15, -0.1) is 0 Å². The minimum Gasteiger partial charge on any atom is -0.462 e. The van der Waals surface area contributed by atoms with Gasteiger partial charge in [0.25, 0.3) is 0 Å². The van der Waals surface area contributed by atoms with E-state index in [9.17, 15) is 4.39 Å². The lowest BCUT2D eigenvalue weighted by molar-refractivity contribution is 0.567. The molecule has 0 aromatic carbocycles. The predicted octanol–water partition coefficient (Wildman–Crippen LogP) is 1.70. The van der Waals surface area contributed by atoms with Gasteiger partial charge in [-0.2, -0.15) is 5.10 Å². The van der Waals surface area contributed by atoms with Crippen molar-refractivity contribution in [2.45, 2.75) is 6.92 Å². The first kappa shape index (κ1) is 7.85. The molecule has 4 nitrogen and oxygen atoms in total. The summed E-state index contributed by atoms with van der Waals surface area (Å²) in [4.78, 5) is 0. The molecule has 0 radical (unpaired) electrons. The second-order valence-electron chi connectivity index (χ2n) is 2.73. The van der Waals surface area contributed by atoms with E-state index in [4.69, 9.17) is 10.2 Å². The molecule has 0 aliphatic carbocycles. The Morgan fingerprint density at radius 3 is 2.85 bits per heavy atom. The number of nitrogen functional groups attached to an aromatic ring is 1. The van der Waals surface area contributed by atoms with Crippen LogP contribution in [0.15, 0.2) is 16.7 Å². The van der Waals surface area contributed by atoms with E-state index in [0.717, 1.165) is 5.56 Å². The molecule has 68 valence electrons. The van der Waals surface area contributed by atoms with Crippen molar-refractivity contribution in [2.75, 3.05) is 5.73 Å². The van der Waals surface area contributed by atoms with E-state index in [0.29, 0.717) is 5.76 Å². The Hall–Kier alpha value is -1.78. The van der Waals surface area contributed by atoms with Crippen LogP contribution in [0.5, 0.6) is 0 Å². The number of aromatic nitrogens is 2. The van der Waals surface area contributed by atoms with Gasteiger partial charge in [-0.1, -0.05) is 0 Å². The van der Waals surface area contributed by atoms with Gasteiger partial charge in [-0.3, -0.25) is 5.10 Å². The lowest BCUT2D eigenvalue weighted by Crippen LogP contribution is -1.87. The summed E-state index contributed by atoms with van der Waals surface area (Å²) in [5, 5.41) is 6.00. The van der Waals surface area contributed by atoms with E-state index in [-0.39, 0.29) is 11.5 Å². The lowest BCUT2D eigenvalue weighted by Gasteiger charge is -1.92. The third-order valence-corrected chi connectivity index (χ3v) is 1.82. The molecule has 3 N–H and O–H groups in total. The number of furan rings is 1. The molecular formula is C8H8FN3O. The van der Waals surface area contributed by atoms with Crippen molar-refractivity contribution in [1.29, 1.82) is 0 Å². The topological polar surface area (TPSA) is 67.8 Å². The van der Waals surface area contributed by atoms with Gasteiger partial charge in [0.1, 0.15) is 5.69 Å². The highest BCUT2D eigenvalue weighted by atomic mass is 19.1. The number of rotatable bonds is 1. The fraction of sp³-hybridized carbons (Fsp3) is 0.125. The van der Waals surface area contributed by atoms with Gasteiger partial charge in [0.15, 0.2) is 17.4 Å². The minimum atomic E-state index is -0.571. The van der Waals surface area contributed by atoms with E-state index in [1.165, 1.54) is 6.26 Å². The molecule has 0 spiro atoms. The molecule has 0 atom stereocenters. The summed E-state index contributed by atoms with van der Waals surface area (Å²) in [6, 6.07) is 1.74. The maximum atomic E-state index is 13.2. The molecule has 0 saturated heterocycles. The van der Waals surface area contributed by atoms with E-state index < -0.39 is 5.82 Å². The van der Waals surface area contributed by atoms with Crippen LogP contribution in [0.1, 0.15) is 5.56 Å². The van der Waals surface area contributed by atoms with Gasteiger partial charge in [0.2, 0.25) is 0 Å². The van der Waals surface area contributed by atoms with Gasteiger partial charge < -0.3 is 10.2 Å². The van der Waals surface area contributed by atoms with Gasteiger partial charge in [-0.25, -0.2) is 4.39 Å². The first-order chi connectivity index (χ1) is 6.20. The van der Waals surface area contributed by atoms with Crippen LogP contribution in [-0.2, 0) is 0 Å². The summed E-state index contributed by atoms with van der Waals surface area (Å²) < 4.78 is 18.3. The van der Waals surface area contributed by atoms with Crippen LogP contribution in [0.4, 0.5) is 10.2 Å². The van der Waals surface area contributed by atoms with Gasteiger partial charge in [0, 0.05) is 0 Å². The van der Waals surface area contributed by atoms with Crippen molar-refractivity contribution in [3.05, 3.63) is 23.7 Å². The molecule has 2 aromatic heterocycles. The molecule has 2 rings (SSSR count). The quantitative estimate of drug-likeness (QED) is 0.703. The molecule has 0 fully saturated rings. The van der Waals surface area contributed by atoms with Crippen LogP contribution in [0.2, 0.25) is 0 Å². The number of aromatic amines is 1. The smallest absolute Gasteiger partial charge is 0.195 e. The number of aryl methyl sites for hydroxylation is 1. The first-order valence-corrected chi connectivity index (χ1v) is 3.74. The maximum Gasteiger partial charge on any atom is 0.195 e. The van der Waals surface area contributed by atoms with Crippen LogP contribution in [0.3, 0.4) is 0 Å². The fourth-order valence-corrected chi connectivity index (χ4v) is 1.12. The summed E-state index contributed by atoms with van der Waals surface area (Å²) in [5.74, 6) is -0.287. The molecule has 13 heavy (non-hydrogen) atoms. The van der Waals surface area contributed by atoms with Gasteiger partial charge >= 0.3 is 0 Å². The second kappa shape index (κ2) is 2.62. The van der Waals surface area contributed by atoms with Crippen LogP contribution >= 0.6 is 0 Å². The van der Waals surface area contributed by atoms with Crippen molar-refractivity contribution >= 4 is 5.82 Å². The second-order valence-corrected chi connectivity index (χ2v) is 2.73. The average Bonchev–Trinajstić information content (AvgIpc) is 2.62. The number of hydrogen-bond acceptors (Lipinski definition) is 3. The third kappa shape index (κ3) is 1.09. The molecule has 5 heteroatoms. The Balaban J connectivity index is 2.59. The highest BCUT2D eigenvalue weighted by Gasteiger charge is 2.16. The zero-order valence-electron chi connectivity index (χ0n) is 6.97. The molecular weight excluding hydrogens is 173 g/mol. The summed E-state index contributed by atoms with van der Waals surface area (Å²) in [6.07, 6.45) is 1.49. The number of nitrogens with zero attached hydrogens (tertiary/aromatic N) is 1. The molecule has 0 unspecified atom stereocenters. The summed E-state index contributed by atoms with van der Waals surface area (Å²) >= 11 is 0. The summed E-state index contributed by atoms with van der Waals surface area (Å²) in [7, 11) is 0. The number of hydrogen-bond donors (Lipinski definition) is 2. The number of nitrogens with one attached hydrogen (secondary N) is 1. The highest BCUT2D eigenvalue weighted by Crippen LogP contribution is 2.26. The van der Waals surface area contributed by atoms with E-state index in [1.54, 1.807) is 6.07 Å². The molecule has 0 aliphatic rings. The standard InChI is InChI=1S/C8H8FN3O/c1-4-2-3-13-7(4)6-5(9)8(10)12-11-6/h2-3H,1H3,(H3,10,11,12). The maximum absolute atomic E-state index is 13.2. The molecule has 0 amide bonds.